The van der Waals surface area contributed by atoms with Crippen molar-refractivity contribution in [3.63, 3.8) is 0 Å². The fraction of sp³-hybridized carbons (Fsp3) is 0.600. The van der Waals surface area contributed by atoms with Crippen LogP contribution in [-0.2, 0) is 24.5 Å². The van der Waals surface area contributed by atoms with Crippen molar-refractivity contribution in [2.24, 2.45) is 11.8 Å². The zero-order valence-electron chi connectivity index (χ0n) is 21.1. The Balaban J connectivity index is 0.00000145. The van der Waals surface area contributed by atoms with Gasteiger partial charge in [-0.15, -0.1) is 0 Å². The molecular formula is C25H34F3N3O4S. The van der Waals surface area contributed by atoms with Crippen molar-refractivity contribution in [3.8, 4) is 17.0 Å². The molecule has 1 saturated carbocycles. The van der Waals surface area contributed by atoms with Crippen molar-refractivity contribution in [2.45, 2.75) is 72.0 Å². The lowest BCUT2D eigenvalue weighted by Crippen LogP contribution is -2.31. The Morgan fingerprint density at radius 3 is 2.42 bits per heavy atom. The molecule has 1 aromatic carbocycles. The van der Waals surface area contributed by atoms with Gasteiger partial charge in [0.05, 0.1) is 12.8 Å². The van der Waals surface area contributed by atoms with Crippen LogP contribution in [0.15, 0.2) is 18.2 Å². The van der Waals surface area contributed by atoms with Gasteiger partial charge in [-0.1, -0.05) is 25.8 Å². The number of nitrogens with zero attached hydrogens (tertiary/aromatic N) is 2. The van der Waals surface area contributed by atoms with Gasteiger partial charge in [-0.05, 0) is 62.6 Å². The van der Waals surface area contributed by atoms with E-state index in [1.165, 1.54) is 20.0 Å². The largest absolute Gasteiger partial charge is 0.496 e. The number of carbonyl (C=O) groups is 1. The molecule has 1 aliphatic carbocycles. The van der Waals surface area contributed by atoms with E-state index in [9.17, 15) is 18.0 Å². The first-order chi connectivity index (χ1) is 17.0. The third kappa shape index (κ3) is 8.18. The van der Waals surface area contributed by atoms with Crippen LogP contribution in [0, 0.1) is 18.8 Å². The molecule has 0 unspecified atom stereocenters. The molecule has 1 N–H and O–H groups in total. The number of carbonyl (C=O) groups excluding carboxylic acids is 1. The molecular weight excluding hydrogens is 495 g/mol. The number of aromatic nitrogens is 2. The summed E-state index contributed by atoms with van der Waals surface area (Å²) >= 11 is -0.750. The molecule has 0 bridgehead atoms. The van der Waals surface area contributed by atoms with Gasteiger partial charge in [-0.2, -0.15) is 26.7 Å². The van der Waals surface area contributed by atoms with Gasteiger partial charge in [0.2, 0.25) is 0 Å². The summed E-state index contributed by atoms with van der Waals surface area (Å²) < 4.78 is 61.7. The normalized spacial score (nSPS) is 17.6. The van der Waals surface area contributed by atoms with Crippen molar-refractivity contribution < 1.29 is 31.1 Å². The molecule has 1 heterocycles. The van der Waals surface area contributed by atoms with Crippen LogP contribution in [0.2, 0.25) is 0 Å². The van der Waals surface area contributed by atoms with Crippen LogP contribution in [0.5, 0.6) is 5.75 Å². The fourth-order valence-electron chi connectivity index (χ4n) is 4.56. The smallest absolute Gasteiger partial charge is 0.389 e. The van der Waals surface area contributed by atoms with E-state index in [-0.39, 0.29) is 12.3 Å². The summed E-state index contributed by atoms with van der Waals surface area (Å²) in [4.78, 5) is 12.9. The lowest BCUT2D eigenvalue weighted by atomic mass is 9.83. The van der Waals surface area contributed by atoms with Crippen LogP contribution in [-0.4, -0.2) is 43.9 Å². The maximum absolute atomic E-state index is 12.9. The SMILES string of the molecule is CCn1nc(C(=O)NCC2CCC(C)CC2)c(C)c1-c1ccc(CCC(F)(F)F)cc1OC.O=S=O. The van der Waals surface area contributed by atoms with Crippen LogP contribution in [0.25, 0.3) is 11.3 Å². The quantitative estimate of drug-likeness (QED) is 0.503. The second-order valence-corrected chi connectivity index (χ2v) is 9.33. The van der Waals surface area contributed by atoms with E-state index >= 15 is 0 Å². The highest BCUT2D eigenvalue weighted by molar-refractivity contribution is 7.51. The molecule has 1 amide bonds. The number of alkyl halides is 3. The van der Waals surface area contributed by atoms with Gasteiger partial charge in [-0.3, -0.25) is 9.48 Å². The lowest BCUT2D eigenvalue weighted by molar-refractivity contribution is -0.134. The minimum absolute atomic E-state index is 0.111. The highest BCUT2D eigenvalue weighted by Crippen LogP contribution is 2.35. The number of ether oxygens (including phenoxy) is 1. The van der Waals surface area contributed by atoms with Crippen molar-refractivity contribution in [1.29, 1.82) is 0 Å². The summed E-state index contributed by atoms with van der Waals surface area (Å²) in [5.74, 6) is 1.54. The Bertz CT molecular complexity index is 1060. The Kier molecular flexibility index (Phi) is 11.1. The van der Waals surface area contributed by atoms with Crippen LogP contribution in [0.4, 0.5) is 13.2 Å². The maximum Gasteiger partial charge on any atom is 0.389 e. The minimum Gasteiger partial charge on any atom is -0.496 e. The number of amides is 1. The van der Waals surface area contributed by atoms with Gasteiger partial charge in [0.25, 0.3) is 5.91 Å². The molecule has 11 heteroatoms. The number of methoxy groups -OCH3 is 1. The summed E-state index contributed by atoms with van der Waals surface area (Å²) in [6, 6.07) is 5.07. The van der Waals surface area contributed by atoms with E-state index in [2.05, 4.69) is 17.3 Å². The predicted octanol–water partition coefficient (Wildman–Crippen LogP) is 5.27. The number of hydrogen-bond acceptors (Lipinski definition) is 5. The molecule has 0 spiro atoms. The number of aryl methyl sites for hydroxylation is 2. The first kappa shape index (κ1) is 29.5. The highest BCUT2D eigenvalue weighted by Gasteiger charge is 2.27. The third-order valence-corrected chi connectivity index (χ3v) is 6.61. The molecule has 0 saturated heterocycles. The molecule has 200 valence electrons. The van der Waals surface area contributed by atoms with E-state index in [1.807, 2.05) is 13.8 Å². The van der Waals surface area contributed by atoms with E-state index in [0.29, 0.717) is 41.6 Å². The molecule has 0 aliphatic heterocycles. The second-order valence-electron chi connectivity index (χ2n) is 9.19. The molecule has 1 aliphatic rings. The van der Waals surface area contributed by atoms with Crippen LogP contribution in [0.3, 0.4) is 0 Å². The van der Waals surface area contributed by atoms with E-state index < -0.39 is 24.2 Å². The average molecular weight is 530 g/mol. The molecule has 3 rings (SSSR count). The maximum atomic E-state index is 12.9. The summed E-state index contributed by atoms with van der Waals surface area (Å²) in [6.07, 6.45) is -0.535. The van der Waals surface area contributed by atoms with Crippen LogP contribution >= 0.6 is 0 Å². The average Bonchev–Trinajstić information content (AvgIpc) is 3.18. The first-order valence-electron chi connectivity index (χ1n) is 12.1. The number of hydrogen-bond donors (Lipinski definition) is 1. The van der Waals surface area contributed by atoms with Crippen molar-refractivity contribution in [1.82, 2.24) is 15.1 Å². The Morgan fingerprint density at radius 1 is 1.22 bits per heavy atom. The molecule has 7 nitrogen and oxygen atoms in total. The summed E-state index contributed by atoms with van der Waals surface area (Å²) in [5, 5.41) is 7.60. The van der Waals surface area contributed by atoms with E-state index in [4.69, 9.17) is 13.2 Å². The Morgan fingerprint density at radius 2 is 1.86 bits per heavy atom. The molecule has 1 aromatic heterocycles. The second kappa shape index (κ2) is 13.6. The summed E-state index contributed by atoms with van der Waals surface area (Å²) in [7, 11) is 1.49. The number of halogens is 3. The molecule has 2 aromatic rings. The molecule has 36 heavy (non-hydrogen) atoms. The van der Waals surface area contributed by atoms with Gasteiger partial charge in [0.15, 0.2) is 5.69 Å². The fourth-order valence-corrected chi connectivity index (χ4v) is 4.56. The van der Waals surface area contributed by atoms with Gasteiger partial charge in [-0.25, -0.2) is 0 Å². The topological polar surface area (TPSA) is 90.3 Å². The Labute approximate surface area is 213 Å². The molecule has 1 fully saturated rings. The summed E-state index contributed by atoms with van der Waals surface area (Å²) in [5.41, 5.74) is 3.11. The highest BCUT2D eigenvalue weighted by atomic mass is 32.1. The lowest BCUT2D eigenvalue weighted by Gasteiger charge is -2.26. The van der Waals surface area contributed by atoms with Crippen LogP contribution < -0.4 is 10.1 Å². The molecule has 0 atom stereocenters. The Hall–Kier alpha value is -2.69. The number of rotatable bonds is 8. The molecule has 0 radical (unpaired) electrons. The van der Waals surface area contributed by atoms with E-state index in [0.717, 1.165) is 30.0 Å². The van der Waals surface area contributed by atoms with Gasteiger partial charge < -0.3 is 10.1 Å². The zero-order chi connectivity index (χ0) is 26.9. The van der Waals surface area contributed by atoms with Gasteiger partial charge in [0.1, 0.15) is 5.75 Å². The van der Waals surface area contributed by atoms with Crippen LogP contribution in [0.1, 0.15) is 67.6 Å². The number of benzene rings is 1. The predicted molar refractivity (Wildman–Crippen MR) is 131 cm³/mol. The third-order valence-electron chi connectivity index (χ3n) is 6.61. The van der Waals surface area contributed by atoms with Gasteiger partial charge in [0, 0.05) is 30.6 Å². The van der Waals surface area contributed by atoms with Gasteiger partial charge >= 0.3 is 17.7 Å². The van der Waals surface area contributed by atoms with Crippen molar-refractivity contribution in [2.75, 3.05) is 13.7 Å². The van der Waals surface area contributed by atoms with Crippen molar-refractivity contribution >= 4 is 17.5 Å². The number of nitrogens with one attached hydrogen (secondary N) is 1. The monoisotopic (exact) mass is 529 g/mol. The standard InChI is InChI=1S/C25H34F3N3O2.O2S/c1-5-31-23(20-11-10-18(14-21(20)33-4)12-13-25(26,27)28)17(3)22(30-31)24(32)29-15-19-8-6-16(2)7-9-19;1-3-2/h10-11,14,16,19H,5-9,12-13,15H2,1-4H3,(H,29,32);. The summed E-state index contributed by atoms with van der Waals surface area (Å²) in [6.45, 7) is 7.25. The first-order valence-corrected chi connectivity index (χ1v) is 12.7. The van der Waals surface area contributed by atoms with E-state index in [1.54, 1.807) is 22.9 Å². The minimum atomic E-state index is -4.21. The zero-order valence-corrected chi connectivity index (χ0v) is 21.9. The van der Waals surface area contributed by atoms with Crippen molar-refractivity contribution in [3.05, 3.63) is 35.0 Å².